The summed E-state index contributed by atoms with van der Waals surface area (Å²) in [7, 11) is -18.0. The van der Waals surface area contributed by atoms with Gasteiger partial charge in [0.15, 0.2) is 0 Å². The summed E-state index contributed by atoms with van der Waals surface area (Å²) in [4.78, 5) is 0. The Hall–Kier alpha value is -0.690. The van der Waals surface area contributed by atoms with Crippen LogP contribution in [0.15, 0.2) is 0 Å². The lowest BCUT2D eigenvalue weighted by molar-refractivity contribution is -0.0568. The zero-order valence-electron chi connectivity index (χ0n) is 14.4. The molecule has 0 N–H and O–H groups in total. The van der Waals surface area contributed by atoms with Crippen LogP contribution < -0.4 is 0 Å². The van der Waals surface area contributed by atoms with Gasteiger partial charge in [-0.2, -0.15) is 51.6 Å². The summed E-state index contributed by atoms with van der Waals surface area (Å²) in [5.74, 6) is 0. The van der Waals surface area contributed by atoms with Gasteiger partial charge in [0, 0.05) is 6.42 Å². The highest BCUT2D eigenvalue weighted by Crippen LogP contribution is 2.29. The predicted octanol–water partition coefficient (Wildman–Crippen LogP) is 1.83. The first kappa shape index (κ1) is 27.3. The first-order valence-electron chi connectivity index (χ1n) is 6.85. The van der Waals surface area contributed by atoms with Crippen LogP contribution in [0.3, 0.4) is 0 Å². The molecular formula is C10H16F6O9S3. The van der Waals surface area contributed by atoms with Crippen LogP contribution in [0.4, 0.5) is 26.3 Å². The van der Waals surface area contributed by atoms with E-state index < -0.39 is 71.9 Å². The van der Waals surface area contributed by atoms with Crippen LogP contribution in [-0.2, 0) is 42.9 Å². The highest BCUT2D eigenvalue weighted by atomic mass is 32.2. The zero-order chi connectivity index (χ0) is 22.8. The van der Waals surface area contributed by atoms with Crippen LogP contribution >= 0.6 is 0 Å². The van der Waals surface area contributed by atoms with E-state index in [1.807, 2.05) is 0 Å². The average molecular weight is 490 g/mol. The van der Waals surface area contributed by atoms with Gasteiger partial charge in [-0.3, -0.25) is 8.37 Å². The van der Waals surface area contributed by atoms with Crippen molar-refractivity contribution >= 4 is 30.4 Å². The molecule has 0 radical (unpaired) electrons. The van der Waals surface area contributed by atoms with Crippen molar-refractivity contribution in [3.63, 3.8) is 0 Å². The van der Waals surface area contributed by atoms with Crippen molar-refractivity contribution < 1.29 is 64.1 Å². The van der Waals surface area contributed by atoms with Gasteiger partial charge in [0.1, 0.15) is 0 Å². The van der Waals surface area contributed by atoms with E-state index in [-0.39, 0.29) is 0 Å². The third kappa shape index (κ3) is 8.36. The first-order chi connectivity index (χ1) is 12.0. The summed E-state index contributed by atoms with van der Waals surface area (Å²) < 4.78 is 152. The number of alkyl halides is 6. The highest BCUT2D eigenvalue weighted by Gasteiger charge is 2.51. The Morgan fingerprint density at radius 3 is 1.54 bits per heavy atom. The molecule has 0 saturated heterocycles. The summed E-state index contributed by atoms with van der Waals surface area (Å²) in [5, 5.41) is 0. The van der Waals surface area contributed by atoms with Crippen molar-refractivity contribution in [3.8, 4) is 0 Å². The van der Waals surface area contributed by atoms with Crippen LogP contribution in [0, 0.1) is 5.41 Å². The second-order valence-corrected chi connectivity index (χ2v) is 11.2. The van der Waals surface area contributed by atoms with Gasteiger partial charge in [-0.1, -0.05) is 20.8 Å². The normalized spacial score (nSPS) is 16.2. The van der Waals surface area contributed by atoms with Gasteiger partial charge in [-0.05, 0) is 5.41 Å². The largest absolute Gasteiger partial charge is 0.523 e. The van der Waals surface area contributed by atoms with E-state index in [9.17, 15) is 51.6 Å². The predicted molar refractivity (Wildman–Crippen MR) is 79.7 cm³/mol. The first-order valence-corrected chi connectivity index (χ1v) is 11.1. The summed E-state index contributed by atoms with van der Waals surface area (Å²) in [5.41, 5.74) is -15.9. The van der Waals surface area contributed by atoms with Gasteiger partial charge >= 0.3 is 31.3 Å². The molecule has 1 atom stereocenters. The number of hydrogen-bond donors (Lipinski definition) is 0. The highest BCUT2D eigenvalue weighted by molar-refractivity contribution is 7.90. The van der Waals surface area contributed by atoms with Crippen molar-refractivity contribution in [2.75, 3.05) is 13.2 Å². The molecule has 0 spiro atoms. The molecule has 0 heterocycles. The molecule has 0 aliphatic rings. The molecule has 0 aliphatic carbocycles. The van der Waals surface area contributed by atoms with Crippen LogP contribution in [0.25, 0.3) is 0 Å². The molecular weight excluding hydrogens is 474 g/mol. The molecule has 0 aromatic heterocycles. The van der Waals surface area contributed by atoms with E-state index in [2.05, 4.69) is 12.5 Å². The average Bonchev–Trinajstić information content (AvgIpc) is 2.40. The van der Waals surface area contributed by atoms with Crippen LogP contribution in [0.2, 0.25) is 0 Å². The molecule has 28 heavy (non-hydrogen) atoms. The van der Waals surface area contributed by atoms with Crippen LogP contribution in [0.5, 0.6) is 0 Å². The smallest absolute Gasteiger partial charge is 0.268 e. The van der Waals surface area contributed by atoms with Crippen molar-refractivity contribution in [3.05, 3.63) is 0 Å². The number of halogens is 6. The van der Waals surface area contributed by atoms with Crippen LogP contribution in [0.1, 0.15) is 27.2 Å². The topological polar surface area (TPSA) is 130 Å². The van der Waals surface area contributed by atoms with E-state index in [0.717, 1.165) is 0 Å². The van der Waals surface area contributed by atoms with Gasteiger partial charge in [-0.15, -0.1) is 0 Å². The molecule has 0 rings (SSSR count). The van der Waals surface area contributed by atoms with E-state index in [1.165, 1.54) is 20.8 Å². The molecule has 1 unspecified atom stereocenters. The Bertz CT molecular complexity index is 835. The maximum atomic E-state index is 12.4. The number of rotatable bonds is 9. The molecule has 0 aromatic carbocycles. The molecule has 0 amide bonds. The Morgan fingerprint density at radius 2 is 1.18 bits per heavy atom. The molecule has 0 bridgehead atoms. The maximum Gasteiger partial charge on any atom is 0.523 e. The Balaban J connectivity index is 5.59. The molecule has 0 aromatic rings. The minimum absolute atomic E-state index is 0.664. The molecule has 0 saturated carbocycles. The molecule has 170 valence electrons. The van der Waals surface area contributed by atoms with Gasteiger partial charge in [0.2, 0.25) is 5.44 Å². The summed E-state index contributed by atoms with van der Waals surface area (Å²) >= 11 is 0. The van der Waals surface area contributed by atoms with Gasteiger partial charge in [0.05, 0.1) is 13.2 Å². The fraction of sp³-hybridized carbons (Fsp3) is 1.00. The molecule has 9 nitrogen and oxygen atoms in total. The minimum atomic E-state index is -6.51. The van der Waals surface area contributed by atoms with Gasteiger partial charge in [-0.25, -0.2) is 4.18 Å². The van der Waals surface area contributed by atoms with E-state index in [4.69, 9.17) is 0 Å². The Kier molecular flexibility index (Phi) is 8.37. The van der Waals surface area contributed by atoms with Crippen molar-refractivity contribution in [1.29, 1.82) is 0 Å². The Labute approximate surface area is 157 Å². The third-order valence-electron chi connectivity index (χ3n) is 2.37. The Morgan fingerprint density at radius 1 is 0.750 bits per heavy atom. The third-order valence-corrected chi connectivity index (χ3v) is 6.01. The molecule has 18 heteroatoms. The van der Waals surface area contributed by atoms with E-state index in [1.54, 1.807) is 0 Å². The fourth-order valence-corrected chi connectivity index (χ4v) is 3.78. The second kappa shape index (κ2) is 8.58. The maximum absolute atomic E-state index is 12.4. The van der Waals surface area contributed by atoms with Crippen LogP contribution in [-0.4, -0.2) is 54.9 Å². The summed E-state index contributed by atoms with van der Waals surface area (Å²) in [6.45, 7) is 1.97. The second-order valence-electron chi connectivity index (χ2n) is 6.25. The fourth-order valence-electron chi connectivity index (χ4n) is 1.09. The molecule has 0 aliphatic heterocycles. The SMILES string of the molecule is CC(C)(C)COS(=O)(=O)C(CCOS(=O)(=O)C(F)(F)F)OS(=O)(=O)C(F)(F)F. The van der Waals surface area contributed by atoms with E-state index >= 15 is 0 Å². The zero-order valence-corrected chi connectivity index (χ0v) is 16.8. The number of hydrogen-bond acceptors (Lipinski definition) is 9. The summed E-state index contributed by atoms with van der Waals surface area (Å²) in [6, 6.07) is 0. The monoisotopic (exact) mass is 490 g/mol. The minimum Gasteiger partial charge on any atom is -0.268 e. The van der Waals surface area contributed by atoms with E-state index in [0.29, 0.717) is 0 Å². The van der Waals surface area contributed by atoms with Crippen molar-refractivity contribution in [1.82, 2.24) is 0 Å². The molecule has 0 fully saturated rings. The summed E-state index contributed by atoms with van der Waals surface area (Å²) in [6.07, 6.45) is -1.54. The van der Waals surface area contributed by atoms with Gasteiger partial charge < -0.3 is 0 Å². The van der Waals surface area contributed by atoms with Crippen molar-refractivity contribution in [2.24, 2.45) is 5.41 Å². The quantitative estimate of drug-likeness (QED) is 0.270. The lowest BCUT2D eigenvalue weighted by atomic mass is 9.99. The standard InChI is InChI=1S/C10H16F6O9S3/c1-8(2,3)6-24-26(17,18)7(25-28(21,22)10(14,15)16)4-5-23-27(19,20)9(11,12)13/h7H,4-6H2,1-3H3. The van der Waals surface area contributed by atoms with Gasteiger partial charge in [0.25, 0.3) is 10.1 Å². The lowest BCUT2D eigenvalue weighted by Crippen LogP contribution is -2.37. The lowest BCUT2D eigenvalue weighted by Gasteiger charge is -2.22. The van der Waals surface area contributed by atoms with Crippen molar-refractivity contribution in [2.45, 2.75) is 43.6 Å².